The SMILES string of the molecule is Cc1cc(C)n(CCNC(=O)C2CCC(=O)N2)n1. The molecule has 1 aromatic rings. The van der Waals surface area contributed by atoms with Crippen molar-refractivity contribution in [2.75, 3.05) is 6.54 Å². The van der Waals surface area contributed by atoms with E-state index in [0.29, 0.717) is 25.9 Å². The molecule has 1 saturated heterocycles. The van der Waals surface area contributed by atoms with Crippen molar-refractivity contribution in [3.8, 4) is 0 Å². The molecule has 2 rings (SSSR count). The van der Waals surface area contributed by atoms with Gasteiger partial charge >= 0.3 is 0 Å². The Kier molecular flexibility index (Phi) is 3.64. The predicted octanol–water partition coefficient (Wildman–Crippen LogP) is -0.105. The lowest BCUT2D eigenvalue weighted by molar-refractivity contribution is -0.125. The van der Waals surface area contributed by atoms with Crippen molar-refractivity contribution < 1.29 is 9.59 Å². The molecule has 1 atom stereocenters. The Morgan fingerprint density at radius 1 is 1.61 bits per heavy atom. The molecule has 1 unspecified atom stereocenters. The second-order valence-corrected chi connectivity index (χ2v) is 4.60. The lowest BCUT2D eigenvalue weighted by Gasteiger charge is -2.11. The molecule has 0 spiro atoms. The summed E-state index contributed by atoms with van der Waals surface area (Å²) in [5, 5.41) is 9.77. The highest BCUT2D eigenvalue weighted by atomic mass is 16.2. The van der Waals surface area contributed by atoms with Crippen molar-refractivity contribution >= 4 is 11.8 Å². The van der Waals surface area contributed by atoms with E-state index in [1.165, 1.54) is 0 Å². The molecule has 1 aliphatic heterocycles. The van der Waals surface area contributed by atoms with E-state index in [9.17, 15) is 9.59 Å². The molecule has 98 valence electrons. The Hall–Kier alpha value is -1.85. The molecule has 0 aromatic carbocycles. The van der Waals surface area contributed by atoms with Crippen molar-refractivity contribution in [1.82, 2.24) is 20.4 Å². The molecule has 2 N–H and O–H groups in total. The summed E-state index contributed by atoms with van der Waals surface area (Å²) in [7, 11) is 0. The van der Waals surface area contributed by atoms with Gasteiger partial charge in [-0.05, 0) is 26.3 Å². The third-order valence-electron chi connectivity index (χ3n) is 3.04. The minimum absolute atomic E-state index is 0.0475. The Bertz CT molecular complexity index is 467. The quantitative estimate of drug-likeness (QED) is 0.783. The van der Waals surface area contributed by atoms with Gasteiger partial charge < -0.3 is 10.6 Å². The highest BCUT2D eigenvalue weighted by molar-refractivity contribution is 5.90. The summed E-state index contributed by atoms with van der Waals surface area (Å²) in [5.41, 5.74) is 2.05. The Morgan fingerprint density at radius 3 is 2.94 bits per heavy atom. The summed E-state index contributed by atoms with van der Waals surface area (Å²) in [4.78, 5) is 22.7. The maximum absolute atomic E-state index is 11.7. The van der Waals surface area contributed by atoms with Gasteiger partial charge in [0.2, 0.25) is 11.8 Å². The third kappa shape index (κ3) is 2.88. The van der Waals surface area contributed by atoms with Crippen molar-refractivity contribution in [2.24, 2.45) is 0 Å². The zero-order valence-corrected chi connectivity index (χ0v) is 10.7. The number of aryl methyl sites for hydroxylation is 2. The molecule has 6 nitrogen and oxygen atoms in total. The number of hydrogen-bond acceptors (Lipinski definition) is 3. The first-order valence-corrected chi connectivity index (χ1v) is 6.14. The van der Waals surface area contributed by atoms with Crippen LogP contribution in [0.3, 0.4) is 0 Å². The van der Waals surface area contributed by atoms with Gasteiger partial charge in [-0.3, -0.25) is 14.3 Å². The molecule has 18 heavy (non-hydrogen) atoms. The highest BCUT2D eigenvalue weighted by Crippen LogP contribution is 2.06. The largest absolute Gasteiger partial charge is 0.352 e. The average molecular weight is 250 g/mol. The van der Waals surface area contributed by atoms with Gasteiger partial charge in [-0.25, -0.2) is 0 Å². The normalized spacial score (nSPS) is 18.8. The van der Waals surface area contributed by atoms with E-state index in [0.717, 1.165) is 11.4 Å². The van der Waals surface area contributed by atoms with E-state index in [1.807, 2.05) is 24.6 Å². The monoisotopic (exact) mass is 250 g/mol. The average Bonchev–Trinajstić information content (AvgIpc) is 2.86. The van der Waals surface area contributed by atoms with Crippen LogP contribution >= 0.6 is 0 Å². The van der Waals surface area contributed by atoms with Crippen molar-refractivity contribution in [3.63, 3.8) is 0 Å². The van der Waals surface area contributed by atoms with Crippen molar-refractivity contribution in [2.45, 2.75) is 39.3 Å². The van der Waals surface area contributed by atoms with Gasteiger partial charge in [0.25, 0.3) is 0 Å². The second-order valence-electron chi connectivity index (χ2n) is 4.60. The summed E-state index contributed by atoms with van der Waals surface area (Å²) >= 11 is 0. The van der Waals surface area contributed by atoms with E-state index < -0.39 is 0 Å². The number of nitrogens with zero attached hydrogens (tertiary/aromatic N) is 2. The van der Waals surface area contributed by atoms with Crippen LogP contribution < -0.4 is 10.6 Å². The summed E-state index contributed by atoms with van der Waals surface area (Å²) in [5.74, 6) is -0.156. The zero-order valence-electron chi connectivity index (χ0n) is 10.7. The number of amides is 2. The third-order valence-corrected chi connectivity index (χ3v) is 3.04. The molecule has 0 aliphatic carbocycles. The molecule has 0 radical (unpaired) electrons. The van der Waals surface area contributed by atoms with E-state index in [1.54, 1.807) is 0 Å². The van der Waals surface area contributed by atoms with Crippen molar-refractivity contribution in [3.05, 3.63) is 17.5 Å². The first kappa shape index (κ1) is 12.6. The summed E-state index contributed by atoms with van der Waals surface area (Å²) < 4.78 is 1.86. The molecule has 0 saturated carbocycles. The Morgan fingerprint density at radius 2 is 2.39 bits per heavy atom. The van der Waals surface area contributed by atoms with Crippen LogP contribution in [0.4, 0.5) is 0 Å². The molecule has 0 bridgehead atoms. The smallest absolute Gasteiger partial charge is 0.242 e. The lowest BCUT2D eigenvalue weighted by Crippen LogP contribution is -2.42. The fourth-order valence-corrected chi connectivity index (χ4v) is 2.12. The van der Waals surface area contributed by atoms with Crippen LogP contribution in [0.1, 0.15) is 24.2 Å². The van der Waals surface area contributed by atoms with Gasteiger partial charge in [-0.15, -0.1) is 0 Å². The first-order valence-electron chi connectivity index (χ1n) is 6.14. The highest BCUT2D eigenvalue weighted by Gasteiger charge is 2.26. The summed E-state index contributed by atoms with van der Waals surface area (Å²) in [6.07, 6.45) is 1.03. The van der Waals surface area contributed by atoms with Crippen LogP contribution in [0.5, 0.6) is 0 Å². The molecular weight excluding hydrogens is 232 g/mol. The van der Waals surface area contributed by atoms with Crippen molar-refractivity contribution in [1.29, 1.82) is 0 Å². The molecule has 6 heteroatoms. The van der Waals surface area contributed by atoms with Crippen LogP contribution in [0.2, 0.25) is 0 Å². The predicted molar refractivity (Wildman–Crippen MR) is 65.9 cm³/mol. The number of nitrogens with one attached hydrogen (secondary N) is 2. The fourth-order valence-electron chi connectivity index (χ4n) is 2.12. The number of hydrogen-bond donors (Lipinski definition) is 2. The van der Waals surface area contributed by atoms with Gasteiger partial charge in [0.05, 0.1) is 12.2 Å². The topological polar surface area (TPSA) is 76.0 Å². The van der Waals surface area contributed by atoms with Crippen LogP contribution in [-0.4, -0.2) is 34.2 Å². The minimum Gasteiger partial charge on any atom is -0.352 e. The maximum atomic E-state index is 11.7. The van der Waals surface area contributed by atoms with Gasteiger partial charge in [0.15, 0.2) is 0 Å². The van der Waals surface area contributed by atoms with Crippen LogP contribution in [0.25, 0.3) is 0 Å². The van der Waals surface area contributed by atoms with Gasteiger partial charge in [0.1, 0.15) is 6.04 Å². The van der Waals surface area contributed by atoms with Crippen LogP contribution in [0.15, 0.2) is 6.07 Å². The molecule has 2 heterocycles. The summed E-state index contributed by atoms with van der Waals surface area (Å²) in [6, 6.07) is 1.64. The fraction of sp³-hybridized carbons (Fsp3) is 0.583. The zero-order chi connectivity index (χ0) is 13.1. The van der Waals surface area contributed by atoms with Gasteiger partial charge in [-0.1, -0.05) is 0 Å². The van der Waals surface area contributed by atoms with Gasteiger partial charge in [0, 0.05) is 18.7 Å². The maximum Gasteiger partial charge on any atom is 0.242 e. The van der Waals surface area contributed by atoms with E-state index in [4.69, 9.17) is 0 Å². The molecule has 1 aliphatic rings. The first-order chi connectivity index (χ1) is 8.56. The molecular formula is C12H18N4O2. The number of aromatic nitrogens is 2. The van der Waals surface area contributed by atoms with Crippen LogP contribution in [0, 0.1) is 13.8 Å². The lowest BCUT2D eigenvalue weighted by atomic mass is 10.2. The minimum atomic E-state index is -0.363. The second kappa shape index (κ2) is 5.20. The number of carbonyl (C=O) groups is 2. The van der Waals surface area contributed by atoms with E-state index in [2.05, 4.69) is 15.7 Å². The van der Waals surface area contributed by atoms with E-state index in [-0.39, 0.29) is 17.9 Å². The Balaban J connectivity index is 1.77. The van der Waals surface area contributed by atoms with Gasteiger partial charge in [-0.2, -0.15) is 5.10 Å². The molecule has 2 amide bonds. The summed E-state index contributed by atoms with van der Waals surface area (Å²) in [6.45, 7) is 5.09. The van der Waals surface area contributed by atoms with Crippen LogP contribution in [-0.2, 0) is 16.1 Å². The van der Waals surface area contributed by atoms with E-state index >= 15 is 0 Å². The number of rotatable bonds is 4. The standard InChI is InChI=1S/C12H18N4O2/c1-8-7-9(2)16(15-8)6-5-13-12(18)10-3-4-11(17)14-10/h7,10H,3-6H2,1-2H3,(H,13,18)(H,14,17). The Labute approximate surface area is 106 Å². The molecule has 1 aromatic heterocycles. The molecule has 1 fully saturated rings. The number of carbonyl (C=O) groups excluding carboxylic acids is 2.